The van der Waals surface area contributed by atoms with Crippen LogP contribution < -0.4 is 4.74 Å². The summed E-state index contributed by atoms with van der Waals surface area (Å²) in [7, 11) is 0. The van der Waals surface area contributed by atoms with Crippen molar-refractivity contribution in [2.24, 2.45) is 0 Å². The average molecular weight is 283 g/mol. The van der Waals surface area contributed by atoms with E-state index < -0.39 is 6.10 Å². The average Bonchev–Trinajstić information content (AvgIpc) is 2.77. The van der Waals surface area contributed by atoms with Crippen molar-refractivity contribution >= 4 is 22.9 Å². The maximum Gasteiger partial charge on any atom is 0.125 e. The van der Waals surface area contributed by atoms with Crippen LogP contribution in [0.15, 0.2) is 29.6 Å². The number of rotatable bonds is 4. The number of aliphatic hydroxyl groups is 1. The summed E-state index contributed by atoms with van der Waals surface area (Å²) in [5.74, 6) is 0.708. The molecule has 1 N–H and O–H groups in total. The van der Waals surface area contributed by atoms with Gasteiger partial charge in [-0.05, 0) is 37.4 Å². The third-order valence-electron chi connectivity index (χ3n) is 2.65. The largest absolute Gasteiger partial charge is 0.493 e. The molecule has 1 aromatic carbocycles. The van der Waals surface area contributed by atoms with Gasteiger partial charge in [-0.1, -0.05) is 23.2 Å². The molecule has 0 amide bonds. The highest BCUT2D eigenvalue weighted by Crippen LogP contribution is 2.37. The summed E-state index contributed by atoms with van der Waals surface area (Å²) >= 11 is 7.51. The zero-order valence-corrected chi connectivity index (χ0v) is 11.9. The Morgan fingerprint density at radius 3 is 2.78 bits per heavy atom. The van der Waals surface area contributed by atoms with Gasteiger partial charge < -0.3 is 9.84 Å². The summed E-state index contributed by atoms with van der Waals surface area (Å²) in [6.07, 6.45) is -0.737. The monoisotopic (exact) mass is 282 g/mol. The second kappa shape index (κ2) is 5.74. The van der Waals surface area contributed by atoms with Crippen LogP contribution in [0.4, 0.5) is 0 Å². The minimum Gasteiger partial charge on any atom is -0.493 e. The second-order valence-corrected chi connectivity index (χ2v) is 5.36. The van der Waals surface area contributed by atoms with Gasteiger partial charge in [0.2, 0.25) is 0 Å². The number of halogens is 1. The van der Waals surface area contributed by atoms with Crippen LogP contribution in [0.5, 0.6) is 5.75 Å². The molecule has 0 saturated heterocycles. The number of ether oxygens (including phenoxy) is 1. The van der Waals surface area contributed by atoms with Crippen molar-refractivity contribution in [1.82, 2.24) is 0 Å². The number of hydrogen-bond acceptors (Lipinski definition) is 3. The van der Waals surface area contributed by atoms with Gasteiger partial charge in [-0.2, -0.15) is 0 Å². The van der Waals surface area contributed by atoms with Gasteiger partial charge in [0.15, 0.2) is 0 Å². The first-order chi connectivity index (χ1) is 8.63. The van der Waals surface area contributed by atoms with E-state index in [1.165, 1.54) is 11.3 Å². The van der Waals surface area contributed by atoms with Crippen molar-refractivity contribution in [2.75, 3.05) is 6.61 Å². The number of aryl methyl sites for hydroxylation is 1. The van der Waals surface area contributed by atoms with Crippen LogP contribution in [-0.4, -0.2) is 11.7 Å². The fraction of sp³-hybridized carbons (Fsp3) is 0.286. The molecule has 0 aliphatic rings. The lowest BCUT2D eigenvalue weighted by molar-refractivity contribution is 0.215. The van der Waals surface area contributed by atoms with Gasteiger partial charge in [-0.15, -0.1) is 11.3 Å². The molecule has 0 aliphatic carbocycles. The molecule has 0 radical (unpaired) electrons. The number of thiophene rings is 1. The maximum atomic E-state index is 10.4. The highest BCUT2D eigenvalue weighted by molar-refractivity contribution is 7.10. The van der Waals surface area contributed by atoms with E-state index in [-0.39, 0.29) is 0 Å². The molecule has 1 aromatic heterocycles. The van der Waals surface area contributed by atoms with Crippen LogP contribution >= 0.6 is 22.9 Å². The van der Waals surface area contributed by atoms with Crippen LogP contribution in [0.2, 0.25) is 5.02 Å². The van der Waals surface area contributed by atoms with Crippen LogP contribution in [0.3, 0.4) is 0 Å². The Kier molecular flexibility index (Phi) is 4.27. The molecular weight excluding hydrogens is 268 g/mol. The Hall–Kier alpha value is -1.03. The summed E-state index contributed by atoms with van der Waals surface area (Å²) in [5, 5.41) is 12.9. The Balaban J connectivity index is 2.43. The number of aliphatic hydroxyl groups excluding tert-OH is 1. The summed E-state index contributed by atoms with van der Waals surface area (Å²) in [4.78, 5) is 0.753. The van der Waals surface area contributed by atoms with Crippen molar-refractivity contribution in [3.63, 3.8) is 0 Å². The first-order valence-corrected chi connectivity index (χ1v) is 7.03. The van der Waals surface area contributed by atoms with E-state index in [1.807, 2.05) is 37.4 Å². The van der Waals surface area contributed by atoms with Gasteiger partial charge >= 0.3 is 0 Å². The Morgan fingerprint density at radius 2 is 2.17 bits per heavy atom. The number of hydrogen-bond donors (Lipinski definition) is 1. The van der Waals surface area contributed by atoms with Crippen LogP contribution in [0.1, 0.15) is 29.0 Å². The molecule has 96 valence electrons. The molecular formula is C14H15ClO2S. The Morgan fingerprint density at radius 1 is 1.39 bits per heavy atom. The van der Waals surface area contributed by atoms with Crippen LogP contribution in [-0.2, 0) is 0 Å². The van der Waals surface area contributed by atoms with Gasteiger partial charge in [0.05, 0.1) is 16.5 Å². The first-order valence-electron chi connectivity index (χ1n) is 5.77. The van der Waals surface area contributed by atoms with E-state index in [9.17, 15) is 5.11 Å². The maximum absolute atomic E-state index is 10.4. The van der Waals surface area contributed by atoms with Crippen molar-refractivity contribution < 1.29 is 9.84 Å². The predicted molar refractivity (Wildman–Crippen MR) is 75.7 cm³/mol. The quantitative estimate of drug-likeness (QED) is 0.911. The van der Waals surface area contributed by atoms with Crippen molar-refractivity contribution in [1.29, 1.82) is 0 Å². The lowest BCUT2D eigenvalue weighted by Gasteiger charge is -2.16. The molecule has 1 heterocycles. The Bertz CT molecular complexity index is 536. The summed E-state index contributed by atoms with van der Waals surface area (Å²) in [6, 6.07) is 7.59. The van der Waals surface area contributed by atoms with Gasteiger partial charge in [0.1, 0.15) is 11.9 Å². The molecule has 2 aromatic rings. The van der Waals surface area contributed by atoms with Crippen molar-refractivity contribution in [3.05, 3.63) is 50.7 Å². The van der Waals surface area contributed by atoms with Crippen molar-refractivity contribution in [3.8, 4) is 5.75 Å². The van der Waals surface area contributed by atoms with Crippen LogP contribution in [0, 0.1) is 6.92 Å². The summed E-state index contributed by atoms with van der Waals surface area (Å²) in [5.41, 5.74) is 1.85. The normalized spacial score (nSPS) is 12.4. The molecule has 2 rings (SSSR count). The zero-order chi connectivity index (χ0) is 13.1. The van der Waals surface area contributed by atoms with E-state index in [4.69, 9.17) is 16.3 Å². The van der Waals surface area contributed by atoms with Gasteiger partial charge in [-0.25, -0.2) is 0 Å². The van der Waals surface area contributed by atoms with E-state index in [0.29, 0.717) is 17.4 Å². The predicted octanol–water partition coefficient (Wildman–Crippen LogP) is 4.19. The fourth-order valence-corrected chi connectivity index (χ4v) is 2.97. The summed E-state index contributed by atoms with van der Waals surface area (Å²) in [6.45, 7) is 4.48. The molecule has 4 heteroatoms. The highest BCUT2D eigenvalue weighted by atomic mass is 35.5. The van der Waals surface area contributed by atoms with E-state index in [2.05, 4.69) is 0 Å². The lowest BCUT2D eigenvalue weighted by Crippen LogP contribution is -2.03. The van der Waals surface area contributed by atoms with E-state index >= 15 is 0 Å². The molecule has 0 spiro atoms. The molecule has 2 nitrogen and oxygen atoms in total. The van der Waals surface area contributed by atoms with Crippen LogP contribution in [0.25, 0.3) is 0 Å². The SMILES string of the molecule is CCOc1ccc(C)cc1C(O)c1sccc1Cl. The molecule has 0 bridgehead atoms. The minimum absolute atomic E-state index is 0.570. The minimum atomic E-state index is -0.737. The van der Waals surface area contributed by atoms with Gasteiger partial charge in [0, 0.05) is 5.56 Å². The van der Waals surface area contributed by atoms with E-state index in [0.717, 1.165) is 16.0 Å². The summed E-state index contributed by atoms with van der Waals surface area (Å²) < 4.78 is 5.55. The zero-order valence-electron chi connectivity index (χ0n) is 10.3. The molecule has 0 fully saturated rings. The number of benzene rings is 1. The third kappa shape index (κ3) is 2.69. The van der Waals surface area contributed by atoms with Gasteiger partial charge in [0.25, 0.3) is 0 Å². The first kappa shape index (κ1) is 13.4. The molecule has 1 unspecified atom stereocenters. The molecule has 0 saturated carbocycles. The molecule has 0 aliphatic heterocycles. The molecule has 1 atom stereocenters. The third-order valence-corrected chi connectivity index (χ3v) is 4.06. The second-order valence-electron chi connectivity index (χ2n) is 4.01. The van der Waals surface area contributed by atoms with Crippen molar-refractivity contribution in [2.45, 2.75) is 20.0 Å². The highest BCUT2D eigenvalue weighted by Gasteiger charge is 2.19. The fourth-order valence-electron chi connectivity index (χ4n) is 1.81. The molecule has 18 heavy (non-hydrogen) atoms. The smallest absolute Gasteiger partial charge is 0.125 e. The lowest BCUT2D eigenvalue weighted by atomic mass is 10.0. The standard InChI is InChI=1S/C14H15ClO2S/c1-3-17-12-5-4-9(2)8-10(12)13(16)14-11(15)6-7-18-14/h4-8,13,16H,3H2,1-2H3. The van der Waals surface area contributed by atoms with Gasteiger partial charge in [-0.3, -0.25) is 0 Å². The Labute approximate surface area is 116 Å². The van der Waals surface area contributed by atoms with E-state index in [1.54, 1.807) is 6.07 Å². The topological polar surface area (TPSA) is 29.5 Å².